The lowest BCUT2D eigenvalue weighted by Crippen LogP contribution is -2.19. The van der Waals surface area contributed by atoms with Gasteiger partial charge in [-0.2, -0.15) is 0 Å². The molecule has 0 atom stereocenters. The highest BCUT2D eigenvalue weighted by atomic mass is 16.2. The van der Waals surface area contributed by atoms with Crippen LogP contribution in [0.2, 0.25) is 0 Å². The molecule has 0 spiro atoms. The molecule has 0 radical (unpaired) electrons. The van der Waals surface area contributed by atoms with E-state index in [4.69, 9.17) is 5.11 Å². The van der Waals surface area contributed by atoms with Crippen LogP contribution in [-0.4, -0.2) is 11.7 Å². The van der Waals surface area contributed by atoms with E-state index in [0.717, 1.165) is 5.57 Å². The molecule has 0 saturated heterocycles. The van der Waals surface area contributed by atoms with Gasteiger partial charge in [-0.1, -0.05) is 31.3 Å². The Morgan fingerprint density at radius 2 is 2.19 bits per heavy atom. The van der Waals surface area contributed by atoms with E-state index >= 15 is 0 Å². The Hall–Kier alpha value is -1.00. The second kappa shape index (κ2) is 5.37. The summed E-state index contributed by atoms with van der Waals surface area (Å²) in [6.07, 6.45) is 5.42. The SMILES string of the molecule is CC1=C(C#C/C(C)=C/CO)C(C)(C)CCC1. The molecule has 1 rings (SSSR count). The Bertz CT molecular complexity index is 372. The Labute approximate surface area is 99.3 Å². The molecule has 0 aliphatic heterocycles. The summed E-state index contributed by atoms with van der Waals surface area (Å²) >= 11 is 0. The monoisotopic (exact) mass is 218 g/mol. The number of aliphatic hydroxyl groups is 1. The van der Waals surface area contributed by atoms with Gasteiger partial charge in [-0.25, -0.2) is 0 Å². The van der Waals surface area contributed by atoms with E-state index in [1.165, 1.54) is 30.4 Å². The summed E-state index contributed by atoms with van der Waals surface area (Å²) in [5.74, 6) is 6.43. The maximum Gasteiger partial charge on any atom is 0.0624 e. The standard InChI is InChI=1S/C15H22O/c1-12(9-11-16)7-8-14-13(2)6-5-10-15(14,3)4/h9,16H,5-6,10-11H2,1-4H3/b12-9+. The molecule has 1 aliphatic rings. The van der Waals surface area contributed by atoms with Crippen LogP contribution in [0, 0.1) is 17.3 Å². The van der Waals surface area contributed by atoms with E-state index < -0.39 is 0 Å². The zero-order valence-corrected chi connectivity index (χ0v) is 10.9. The molecule has 0 unspecified atom stereocenters. The highest BCUT2D eigenvalue weighted by molar-refractivity contribution is 5.43. The van der Waals surface area contributed by atoms with Gasteiger partial charge in [-0.05, 0) is 50.2 Å². The van der Waals surface area contributed by atoms with Gasteiger partial charge in [0.2, 0.25) is 0 Å². The van der Waals surface area contributed by atoms with Crippen molar-refractivity contribution in [3.05, 3.63) is 22.8 Å². The number of rotatable bonds is 1. The average Bonchev–Trinajstić information content (AvgIpc) is 2.16. The zero-order valence-electron chi connectivity index (χ0n) is 10.9. The average molecular weight is 218 g/mol. The molecule has 1 N–H and O–H groups in total. The van der Waals surface area contributed by atoms with Crippen LogP contribution in [0.5, 0.6) is 0 Å². The Balaban J connectivity index is 2.98. The van der Waals surface area contributed by atoms with Crippen LogP contribution in [0.4, 0.5) is 0 Å². The minimum atomic E-state index is 0.0714. The van der Waals surface area contributed by atoms with Crippen LogP contribution in [0.25, 0.3) is 0 Å². The molecule has 0 amide bonds. The third-order valence-electron chi connectivity index (χ3n) is 3.24. The van der Waals surface area contributed by atoms with Gasteiger partial charge >= 0.3 is 0 Å². The molecular formula is C15H22O. The zero-order chi connectivity index (χ0) is 12.2. The van der Waals surface area contributed by atoms with Crippen LogP contribution in [0.15, 0.2) is 22.8 Å². The summed E-state index contributed by atoms with van der Waals surface area (Å²) in [6, 6.07) is 0. The molecule has 0 saturated carbocycles. The Morgan fingerprint density at radius 1 is 1.50 bits per heavy atom. The largest absolute Gasteiger partial charge is 0.392 e. The quantitative estimate of drug-likeness (QED) is 0.668. The van der Waals surface area contributed by atoms with Gasteiger partial charge in [0, 0.05) is 5.57 Å². The van der Waals surface area contributed by atoms with Crippen molar-refractivity contribution in [2.45, 2.75) is 47.0 Å². The molecule has 0 fully saturated rings. The highest BCUT2D eigenvalue weighted by Gasteiger charge is 2.27. The van der Waals surface area contributed by atoms with Gasteiger partial charge < -0.3 is 5.11 Å². The lowest BCUT2D eigenvalue weighted by molar-refractivity contribution is 0.342. The van der Waals surface area contributed by atoms with E-state index in [0.29, 0.717) is 0 Å². The van der Waals surface area contributed by atoms with Gasteiger partial charge in [0.25, 0.3) is 0 Å². The smallest absolute Gasteiger partial charge is 0.0624 e. The predicted octanol–water partition coefficient (Wildman–Crippen LogP) is 3.46. The minimum Gasteiger partial charge on any atom is -0.392 e. The normalized spacial score (nSPS) is 20.4. The Morgan fingerprint density at radius 3 is 2.75 bits per heavy atom. The first-order valence-electron chi connectivity index (χ1n) is 5.97. The first kappa shape index (κ1) is 13.1. The molecule has 0 aromatic rings. The molecule has 1 aliphatic carbocycles. The van der Waals surface area contributed by atoms with Crippen LogP contribution >= 0.6 is 0 Å². The van der Waals surface area contributed by atoms with E-state index in [1.807, 2.05) is 6.92 Å². The molecule has 1 heteroatoms. The molecule has 0 aromatic carbocycles. The van der Waals surface area contributed by atoms with E-state index in [2.05, 4.69) is 32.6 Å². The topological polar surface area (TPSA) is 20.2 Å². The summed E-state index contributed by atoms with van der Waals surface area (Å²) in [4.78, 5) is 0. The molecule has 0 heterocycles. The van der Waals surface area contributed by atoms with Crippen molar-refractivity contribution in [3.8, 4) is 11.8 Å². The number of allylic oxidation sites excluding steroid dienone is 3. The second-order valence-corrected chi connectivity index (χ2v) is 5.21. The highest BCUT2D eigenvalue weighted by Crippen LogP contribution is 2.39. The molecule has 16 heavy (non-hydrogen) atoms. The summed E-state index contributed by atoms with van der Waals surface area (Å²) in [7, 11) is 0. The van der Waals surface area contributed by atoms with Crippen molar-refractivity contribution in [1.82, 2.24) is 0 Å². The van der Waals surface area contributed by atoms with Crippen LogP contribution < -0.4 is 0 Å². The fraction of sp³-hybridized carbons (Fsp3) is 0.600. The molecule has 0 bridgehead atoms. The third kappa shape index (κ3) is 3.25. The van der Waals surface area contributed by atoms with Crippen molar-refractivity contribution in [2.75, 3.05) is 6.61 Å². The predicted molar refractivity (Wildman–Crippen MR) is 69.0 cm³/mol. The lowest BCUT2D eigenvalue weighted by atomic mass is 9.73. The minimum absolute atomic E-state index is 0.0714. The van der Waals surface area contributed by atoms with E-state index in [-0.39, 0.29) is 12.0 Å². The first-order valence-corrected chi connectivity index (χ1v) is 5.97. The Kier molecular flexibility index (Phi) is 4.38. The molecule has 1 nitrogen and oxygen atoms in total. The lowest BCUT2D eigenvalue weighted by Gasteiger charge is -2.31. The van der Waals surface area contributed by atoms with E-state index in [1.54, 1.807) is 6.08 Å². The number of hydrogen-bond donors (Lipinski definition) is 1. The number of hydrogen-bond acceptors (Lipinski definition) is 1. The van der Waals surface area contributed by atoms with Gasteiger partial charge in [-0.3, -0.25) is 0 Å². The summed E-state index contributed by atoms with van der Waals surface area (Å²) < 4.78 is 0. The van der Waals surface area contributed by atoms with Crippen LogP contribution in [0.3, 0.4) is 0 Å². The summed E-state index contributed by atoms with van der Waals surface area (Å²) in [5, 5.41) is 8.77. The van der Waals surface area contributed by atoms with Crippen LogP contribution in [-0.2, 0) is 0 Å². The maximum absolute atomic E-state index is 8.77. The van der Waals surface area contributed by atoms with Crippen molar-refractivity contribution >= 4 is 0 Å². The summed E-state index contributed by atoms with van der Waals surface area (Å²) in [5.41, 5.74) is 3.89. The molecule has 0 aromatic heterocycles. The molecule has 88 valence electrons. The van der Waals surface area contributed by atoms with Crippen molar-refractivity contribution in [3.63, 3.8) is 0 Å². The fourth-order valence-electron chi connectivity index (χ4n) is 2.25. The van der Waals surface area contributed by atoms with Crippen molar-refractivity contribution in [2.24, 2.45) is 5.41 Å². The van der Waals surface area contributed by atoms with Crippen molar-refractivity contribution in [1.29, 1.82) is 0 Å². The number of aliphatic hydroxyl groups excluding tert-OH is 1. The van der Waals surface area contributed by atoms with E-state index in [9.17, 15) is 0 Å². The summed E-state index contributed by atoms with van der Waals surface area (Å²) in [6.45, 7) is 8.74. The third-order valence-corrected chi connectivity index (χ3v) is 3.24. The van der Waals surface area contributed by atoms with Gasteiger partial charge in [0.15, 0.2) is 0 Å². The van der Waals surface area contributed by atoms with Gasteiger partial charge in [-0.15, -0.1) is 0 Å². The van der Waals surface area contributed by atoms with Gasteiger partial charge in [0.1, 0.15) is 0 Å². The first-order chi connectivity index (χ1) is 7.47. The maximum atomic E-state index is 8.77. The molecular weight excluding hydrogens is 196 g/mol. The second-order valence-electron chi connectivity index (χ2n) is 5.21. The van der Waals surface area contributed by atoms with Gasteiger partial charge in [0.05, 0.1) is 6.61 Å². The fourth-order valence-corrected chi connectivity index (χ4v) is 2.25. The van der Waals surface area contributed by atoms with Crippen molar-refractivity contribution < 1.29 is 5.11 Å². The van der Waals surface area contributed by atoms with Crippen LogP contribution in [0.1, 0.15) is 47.0 Å².